The predicted molar refractivity (Wildman–Crippen MR) is 61.7 cm³/mol. The van der Waals surface area contributed by atoms with Crippen LogP contribution in [0.2, 0.25) is 0 Å². The molecule has 1 heterocycles. The second-order valence-electron chi connectivity index (χ2n) is 4.53. The number of carboxylic acid groups (broad SMARTS) is 1. The van der Waals surface area contributed by atoms with Gasteiger partial charge in [0.15, 0.2) is 0 Å². The Balaban J connectivity index is 2.24. The summed E-state index contributed by atoms with van der Waals surface area (Å²) in [4.78, 5) is 22.5. The molecule has 4 N–H and O–H groups in total. The van der Waals surface area contributed by atoms with E-state index in [0.717, 1.165) is 25.7 Å². The fourth-order valence-corrected chi connectivity index (χ4v) is 2.33. The molecule has 0 amide bonds. The molecule has 1 fully saturated rings. The molecule has 1 atom stereocenters. The van der Waals surface area contributed by atoms with Gasteiger partial charge in [-0.05, 0) is 12.8 Å². The molecule has 1 unspecified atom stereocenters. The normalized spacial score (nSPS) is 19.1. The van der Waals surface area contributed by atoms with Crippen molar-refractivity contribution in [2.75, 3.05) is 0 Å². The molecule has 0 bridgehead atoms. The highest BCUT2D eigenvalue weighted by atomic mass is 16.4. The highest BCUT2D eigenvalue weighted by Gasteiger charge is 2.22. The fraction of sp³-hybridized carbons (Fsp3) is 0.636. The van der Waals surface area contributed by atoms with Gasteiger partial charge in [0, 0.05) is 6.07 Å². The number of hydrogen-bond donors (Lipinski definition) is 3. The molecule has 0 saturated heterocycles. The van der Waals surface area contributed by atoms with Gasteiger partial charge in [-0.15, -0.1) is 0 Å². The summed E-state index contributed by atoms with van der Waals surface area (Å²) in [6.07, 6.45) is 5.34. The quantitative estimate of drug-likeness (QED) is 0.725. The number of rotatable bonds is 3. The number of nitrogens with zero attached hydrogens (tertiary/aromatic N) is 1. The first-order valence-corrected chi connectivity index (χ1v) is 5.89. The maximum Gasteiger partial charge on any atom is 0.326 e. The lowest BCUT2D eigenvalue weighted by Gasteiger charge is -2.22. The van der Waals surface area contributed by atoms with Crippen LogP contribution < -0.4 is 11.3 Å². The molecule has 6 heteroatoms. The van der Waals surface area contributed by atoms with Crippen molar-refractivity contribution in [2.45, 2.75) is 44.2 Å². The number of hydrogen-bond acceptors (Lipinski definition) is 3. The summed E-state index contributed by atoms with van der Waals surface area (Å²) >= 11 is 0. The van der Waals surface area contributed by atoms with Crippen molar-refractivity contribution in [3.63, 3.8) is 0 Å². The van der Waals surface area contributed by atoms with E-state index < -0.39 is 12.0 Å². The molecule has 0 aliphatic heterocycles. The molecule has 1 saturated carbocycles. The summed E-state index contributed by atoms with van der Waals surface area (Å²) in [6.45, 7) is 0. The molecule has 1 aliphatic rings. The molecule has 17 heavy (non-hydrogen) atoms. The van der Waals surface area contributed by atoms with Gasteiger partial charge in [0.1, 0.15) is 6.04 Å². The number of carboxylic acids is 1. The Morgan fingerprint density at radius 1 is 1.47 bits per heavy atom. The number of aliphatic carboxylic acids is 1. The topological polar surface area (TPSA) is 101 Å². The number of aromatic nitrogens is 2. The van der Waals surface area contributed by atoms with Crippen LogP contribution >= 0.6 is 0 Å². The third kappa shape index (κ3) is 2.41. The highest BCUT2D eigenvalue weighted by Crippen LogP contribution is 2.26. The fourth-order valence-electron chi connectivity index (χ4n) is 2.33. The van der Waals surface area contributed by atoms with E-state index in [2.05, 4.69) is 5.10 Å². The Labute approximate surface area is 98.4 Å². The van der Waals surface area contributed by atoms with Crippen molar-refractivity contribution in [1.82, 2.24) is 9.78 Å². The summed E-state index contributed by atoms with van der Waals surface area (Å²) in [5.74, 6) is -1.14. The van der Waals surface area contributed by atoms with E-state index in [4.69, 9.17) is 10.8 Å². The van der Waals surface area contributed by atoms with E-state index in [1.165, 1.54) is 17.2 Å². The molecular formula is C11H17N3O3. The first kappa shape index (κ1) is 11.9. The van der Waals surface area contributed by atoms with Crippen LogP contribution in [0.4, 0.5) is 0 Å². The van der Waals surface area contributed by atoms with E-state index in [-0.39, 0.29) is 17.3 Å². The van der Waals surface area contributed by atoms with Crippen LogP contribution in [-0.2, 0) is 4.79 Å². The van der Waals surface area contributed by atoms with E-state index in [1.807, 2.05) is 0 Å². The Morgan fingerprint density at radius 2 is 2.12 bits per heavy atom. The SMILES string of the molecule is NC(C(=O)O)c1cc(=O)n(C2CCCCC2)[nH]1. The maximum atomic E-state index is 11.7. The van der Waals surface area contributed by atoms with Gasteiger partial charge in [-0.1, -0.05) is 19.3 Å². The second kappa shape index (κ2) is 4.75. The van der Waals surface area contributed by atoms with Gasteiger partial charge < -0.3 is 10.8 Å². The summed E-state index contributed by atoms with van der Waals surface area (Å²) < 4.78 is 1.53. The molecule has 0 radical (unpaired) electrons. The lowest BCUT2D eigenvalue weighted by atomic mass is 9.96. The summed E-state index contributed by atoms with van der Waals surface area (Å²) in [5, 5.41) is 11.6. The first-order chi connectivity index (χ1) is 8.09. The third-order valence-corrected chi connectivity index (χ3v) is 3.31. The van der Waals surface area contributed by atoms with Crippen LogP contribution in [0.5, 0.6) is 0 Å². The standard InChI is InChI=1S/C11H17N3O3/c12-10(11(16)17)8-6-9(15)14(13-8)7-4-2-1-3-5-7/h6-7,10,13H,1-5,12H2,(H,16,17). The van der Waals surface area contributed by atoms with E-state index >= 15 is 0 Å². The Hall–Kier alpha value is -1.56. The van der Waals surface area contributed by atoms with E-state index in [0.29, 0.717) is 0 Å². The lowest BCUT2D eigenvalue weighted by molar-refractivity contribution is -0.138. The van der Waals surface area contributed by atoms with Gasteiger partial charge in [-0.25, -0.2) is 4.68 Å². The van der Waals surface area contributed by atoms with Gasteiger partial charge in [-0.3, -0.25) is 14.7 Å². The monoisotopic (exact) mass is 239 g/mol. The number of aromatic amines is 1. The molecule has 2 rings (SSSR count). The zero-order valence-electron chi connectivity index (χ0n) is 9.56. The molecular weight excluding hydrogens is 222 g/mol. The van der Waals surface area contributed by atoms with Crippen molar-refractivity contribution >= 4 is 5.97 Å². The van der Waals surface area contributed by atoms with Crippen molar-refractivity contribution in [1.29, 1.82) is 0 Å². The molecule has 0 spiro atoms. The zero-order valence-corrected chi connectivity index (χ0v) is 9.56. The number of nitrogens with one attached hydrogen (secondary N) is 1. The average molecular weight is 239 g/mol. The first-order valence-electron chi connectivity index (χ1n) is 5.89. The minimum Gasteiger partial charge on any atom is -0.480 e. The van der Waals surface area contributed by atoms with Crippen molar-refractivity contribution in [3.05, 3.63) is 22.1 Å². The van der Waals surface area contributed by atoms with Crippen molar-refractivity contribution in [2.24, 2.45) is 5.73 Å². The van der Waals surface area contributed by atoms with Crippen molar-refractivity contribution < 1.29 is 9.90 Å². The van der Waals surface area contributed by atoms with Gasteiger partial charge in [0.2, 0.25) is 0 Å². The second-order valence-corrected chi connectivity index (χ2v) is 4.53. The summed E-state index contributed by atoms with van der Waals surface area (Å²) in [6, 6.07) is 0.284. The predicted octanol–water partition coefficient (Wildman–Crippen LogP) is 0.766. The molecule has 6 nitrogen and oxygen atoms in total. The molecule has 1 aromatic rings. The molecule has 94 valence electrons. The van der Waals surface area contributed by atoms with Gasteiger partial charge in [-0.2, -0.15) is 0 Å². The minimum atomic E-state index is -1.16. The molecule has 0 aromatic carbocycles. The number of H-pyrrole nitrogens is 1. The lowest BCUT2D eigenvalue weighted by Crippen LogP contribution is -2.24. The van der Waals surface area contributed by atoms with Crippen LogP contribution in [0.3, 0.4) is 0 Å². The number of carbonyl (C=O) groups is 1. The van der Waals surface area contributed by atoms with Crippen LogP contribution in [0, 0.1) is 0 Å². The third-order valence-electron chi connectivity index (χ3n) is 3.31. The van der Waals surface area contributed by atoms with Gasteiger partial charge in [0.25, 0.3) is 5.56 Å². The Morgan fingerprint density at radius 3 is 2.71 bits per heavy atom. The largest absolute Gasteiger partial charge is 0.480 e. The summed E-state index contributed by atoms with van der Waals surface area (Å²) in [5.41, 5.74) is 5.55. The van der Waals surface area contributed by atoms with Crippen LogP contribution in [0.15, 0.2) is 10.9 Å². The van der Waals surface area contributed by atoms with Crippen molar-refractivity contribution in [3.8, 4) is 0 Å². The van der Waals surface area contributed by atoms with E-state index in [1.54, 1.807) is 0 Å². The van der Waals surface area contributed by atoms with E-state index in [9.17, 15) is 9.59 Å². The highest BCUT2D eigenvalue weighted by molar-refractivity contribution is 5.74. The van der Waals surface area contributed by atoms with Crippen LogP contribution in [0.1, 0.15) is 49.9 Å². The van der Waals surface area contributed by atoms with Gasteiger partial charge in [0.05, 0.1) is 11.7 Å². The molecule has 1 aromatic heterocycles. The average Bonchev–Trinajstić information content (AvgIpc) is 2.71. The molecule has 1 aliphatic carbocycles. The zero-order chi connectivity index (χ0) is 12.4. The van der Waals surface area contributed by atoms with Crippen LogP contribution in [0.25, 0.3) is 0 Å². The number of nitrogens with two attached hydrogens (primary N) is 1. The van der Waals surface area contributed by atoms with Crippen LogP contribution in [-0.4, -0.2) is 20.9 Å². The minimum absolute atomic E-state index is 0.158. The summed E-state index contributed by atoms with van der Waals surface area (Å²) in [7, 11) is 0. The Bertz CT molecular complexity index is 457. The maximum absolute atomic E-state index is 11.7. The smallest absolute Gasteiger partial charge is 0.326 e. The van der Waals surface area contributed by atoms with Gasteiger partial charge >= 0.3 is 5.97 Å². The Kier molecular flexibility index (Phi) is 3.33.